The molecule has 3 aromatic rings. The number of ketones is 2. The Morgan fingerprint density at radius 3 is 2.32 bits per heavy atom. The van der Waals surface area contributed by atoms with E-state index in [1.165, 1.54) is 0 Å². The van der Waals surface area contributed by atoms with Gasteiger partial charge in [-0.3, -0.25) is 14.4 Å². The third kappa shape index (κ3) is 3.72. The first kappa shape index (κ1) is 18.1. The zero-order chi connectivity index (χ0) is 19.5. The second kappa shape index (κ2) is 7.77. The number of benzene rings is 3. The second-order valence-corrected chi connectivity index (χ2v) is 7.25. The average molecular weight is 371 g/mol. The van der Waals surface area contributed by atoms with E-state index in [2.05, 4.69) is 5.32 Å². The van der Waals surface area contributed by atoms with Crippen LogP contribution in [0.3, 0.4) is 0 Å². The SMILES string of the molecule is O=C(Cc1ccc2ccccc2c1)C1C(=O)NC(CCc2ccccc2)C1=O. The third-order valence-corrected chi connectivity index (χ3v) is 5.29. The van der Waals surface area contributed by atoms with E-state index in [1.54, 1.807) is 0 Å². The molecule has 1 heterocycles. The lowest BCUT2D eigenvalue weighted by molar-refractivity contribution is -0.136. The van der Waals surface area contributed by atoms with Crippen LogP contribution in [0.4, 0.5) is 0 Å². The molecule has 3 aromatic carbocycles. The molecule has 0 aromatic heterocycles. The van der Waals surface area contributed by atoms with Crippen molar-refractivity contribution in [2.45, 2.75) is 25.3 Å². The van der Waals surface area contributed by atoms with E-state index >= 15 is 0 Å². The highest BCUT2D eigenvalue weighted by Gasteiger charge is 2.44. The second-order valence-electron chi connectivity index (χ2n) is 7.25. The maximum atomic E-state index is 12.7. The summed E-state index contributed by atoms with van der Waals surface area (Å²) in [5.41, 5.74) is 1.92. The van der Waals surface area contributed by atoms with Gasteiger partial charge in [-0.2, -0.15) is 0 Å². The van der Waals surface area contributed by atoms with Crippen molar-refractivity contribution in [1.82, 2.24) is 5.32 Å². The van der Waals surface area contributed by atoms with Crippen LogP contribution >= 0.6 is 0 Å². The van der Waals surface area contributed by atoms with E-state index in [0.29, 0.717) is 12.8 Å². The van der Waals surface area contributed by atoms with Crippen molar-refractivity contribution < 1.29 is 14.4 Å². The van der Waals surface area contributed by atoms with Gasteiger partial charge in [0.25, 0.3) is 0 Å². The van der Waals surface area contributed by atoms with Gasteiger partial charge >= 0.3 is 0 Å². The molecule has 1 N–H and O–H groups in total. The van der Waals surface area contributed by atoms with Crippen molar-refractivity contribution in [3.63, 3.8) is 0 Å². The quantitative estimate of drug-likeness (QED) is 0.677. The van der Waals surface area contributed by atoms with Crippen LogP contribution in [0.25, 0.3) is 10.8 Å². The van der Waals surface area contributed by atoms with Crippen molar-refractivity contribution in [1.29, 1.82) is 0 Å². The minimum absolute atomic E-state index is 0.0834. The Kier molecular flexibility index (Phi) is 5.02. The van der Waals surface area contributed by atoms with E-state index in [0.717, 1.165) is 21.9 Å². The number of hydrogen-bond donors (Lipinski definition) is 1. The molecule has 0 bridgehead atoms. The standard InChI is InChI=1S/C24H21NO3/c26-21(15-17-10-12-18-8-4-5-9-19(18)14-17)22-23(27)20(25-24(22)28)13-11-16-6-2-1-3-7-16/h1-10,12,14,20,22H,11,13,15H2,(H,25,28). The summed E-state index contributed by atoms with van der Waals surface area (Å²) in [7, 11) is 0. The van der Waals surface area contributed by atoms with Crippen molar-refractivity contribution in [2.75, 3.05) is 0 Å². The van der Waals surface area contributed by atoms with Gasteiger partial charge in [-0.25, -0.2) is 0 Å². The molecule has 1 aliphatic rings. The number of hydrogen-bond acceptors (Lipinski definition) is 3. The van der Waals surface area contributed by atoms with Crippen LogP contribution in [0.2, 0.25) is 0 Å². The number of rotatable bonds is 6. The number of aryl methyl sites for hydroxylation is 1. The lowest BCUT2D eigenvalue weighted by Crippen LogP contribution is -2.29. The minimum atomic E-state index is -1.19. The normalized spacial score (nSPS) is 19.0. The highest BCUT2D eigenvalue weighted by Crippen LogP contribution is 2.21. The number of nitrogens with one attached hydrogen (secondary N) is 1. The fourth-order valence-electron chi connectivity index (χ4n) is 3.78. The molecule has 4 rings (SSSR count). The van der Waals surface area contributed by atoms with Crippen LogP contribution in [0.1, 0.15) is 17.5 Å². The minimum Gasteiger partial charge on any atom is -0.345 e. The summed E-state index contributed by atoms with van der Waals surface area (Å²) in [6.45, 7) is 0. The third-order valence-electron chi connectivity index (χ3n) is 5.29. The van der Waals surface area contributed by atoms with E-state index < -0.39 is 17.9 Å². The molecule has 4 heteroatoms. The first-order chi connectivity index (χ1) is 13.6. The Hall–Kier alpha value is -3.27. The highest BCUT2D eigenvalue weighted by molar-refractivity contribution is 6.24. The van der Waals surface area contributed by atoms with Gasteiger partial charge in [0.2, 0.25) is 5.91 Å². The molecule has 0 saturated carbocycles. The first-order valence-electron chi connectivity index (χ1n) is 9.50. The number of carbonyl (C=O) groups excluding carboxylic acids is 3. The molecule has 1 fully saturated rings. The number of Topliss-reactive ketones (excluding diaryl/α,β-unsaturated/α-hetero) is 2. The Balaban J connectivity index is 1.43. The van der Waals surface area contributed by atoms with Crippen LogP contribution in [0, 0.1) is 5.92 Å². The fourth-order valence-corrected chi connectivity index (χ4v) is 3.78. The molecule has 140 valence electrons. The molecule has 2 unspecified atom stereocenters. The van der Waals surface area contributed by atoms with Crippen molar-refractivity contribution >= 4 is 28.2 Å². The largest absolute Gasteiger partial charge is 0.345 e. The molecule has 1 aliphatic heterocycles. The fraction of sp³-hybridized carbons (Fsp3) is 0.208. The predicted octanol–water partition coefficient (Wildman–Crippen LogP) is 3.27. The monoisotopic (exact) mass is 371 g/mol. The topological polar surface area (TPSA) is 63.2 Å². The Bertz CT molecular complexity index is 1040. The Morgan fingerprint density at radius 1 is 0.821 bits per heavy atom. The molecular weight excluding hydrogens is 350 g/mol. The summed E-state index contributed by atoms with van der Waals surface area (Å²) in [6.07, 6.45) is 1.28. The molecule has 0 radical (unpaired) electrons. The van der Waals surface area contributed by atoms with E-state index in [4.69, 9.17) is 0 Å². The Labute approximate surface area is 163 Å². The molecule has 4 nitrogen and oxygen atoms in total. The molecule has 28 heavy (non-hydrogen) atoms. The number of amides is 1. The zero-order valence-electron chi connectivity index (χ0n) is 15.4. The van der Waals surface area contributed by atoms with E-state index in [1.807, 2.05) is 72.8 Å². The number of fused-ring (bicyclic) bond motifs is 1. The summed E-state index contributed by atoms with van der Waals surface area (Å²) >= 11 is 0. The van der Waals surface area contributed by atoms with Crippen molar-refractivity contribution in [2.24, 2.45) is 5.92 Å². The summed E-state index contributed by atoms with van der Waals surface area (Å²) in [6, 6.07) is 22.9. The maximum absolute atomic E-state index is 12.7. The van der Waals surface area contributed by atoms with E-state index in [-0.39, 0.29) is 18.0 Å². The van der Waals surface area contributed by atoms with Gasteiger partial charge in [0, 0.05) is 6.42 Å². The predicted molar refractivity (Wildman–Crippen MR) is 108 cm³/mol. The van der Waals surface area contributed by atoms with Crippen molar-refractivity contribution in [3.05, 3.63) is 83.9 Å². The molecule has 0 spiro atoms. The van der Waals surface area contributed by atoms with E-state index in [9.17, 15) is 14.4 Å². The summed E-state index contributed by atoms with van der Waals surface area (Å²) in [5, 5.41) is 4.84. The van der Waals surface area contributed by atoms with Crippen LogP contribution < -0.4 is 5.32 Å². The Morgan fingerprint density at radius 2 is 1.54 bits per heavy atom. The van der Waals surface area contributed by atoms with Crippen LogP contribution in [0.15, 0.2) is 72.8 Å². The highest BCUT2D eigenvalue weighted by atomic mass is 16.2. The van der Waals surface area contributed by atoms with Gasteiger partial charge in [-0.15, -0.1) is 0 Å². The smallest absolute Gasteiger partial charge is 0.238 e. The molecular formula is C24H21NO3. The lowest BCUT2D eigenvalue weighted by atomic mass is 9.91. The first-order valence-corrected chi connectivity index (χ1v) is 9.50. The number of carbonyl (C=O) groups is 3. The van der Waals surface area contributed by atoms with Gasteiger partial charge < -0.3 is 5.32 Å². The van der Waals surface area contributed by atoms with Gasteiger partial charge in [-0.05, 0) is 34.7 Å². The lowest BCUT2D eigenvalue weighted by Gasteiger charge is -2.09. The molecule has 1 amide bonds. The van der Waals surface area contributed by atoms with Crippen molar-refractivity contribution in [3.8, 4) is 0 Å². The molecule has 0 aliphatic carbocycles. The summed E-state index contributed by atoms with van der Waals surface area (Å²) in [5.74, 6) is -2.28. The van der Waals surface area contributed by atoms with Gasteiger partial charge in [0.15, 0.2) is 17.5 Å². The molecule has 1 saturated heterocycles. The van der Waals surface area contributed by atoms with Gasteiger partial charge in [-0.1, -0.05) is 72.8 Å². The van der Waals surface area contributed by atoms with Gasteiger partial charge in [0.1, 0.15) is 0 Å². The summed E-state index contributed by atoms with van der Waals surface area (Å²) < 4.78 is 0. The van der Waals surface area contributed by atoms with Crippen LogP contribution in [0.5, 0.6) is 0 Å². The zero-order valence-corrected chi connectivity index (χ0v) is 15.4. The molecule has 2 atom stereocenters. The average Bonchev–Trinajstić information content (AvgIpc) is 3.00. The van der Waals surface area contributed by atoms with Crippen LogP contribution in [-0.2, 0) is 27.2 Å². The summed E-state index contributed by atoms with van der Waals surface area (Å²) in [4.78, 5) is 37.7. The van der Waals surface area contributed by atoms with Gasteiger partial charge in [0.05, 0.1) is 6.04 Å². The van der Waals surface area contributed by atoms with Crippen LogP contribution in [-0.4, -0.2) is 23.5 Å². The maximum Gasteiger partial charge on any atom is 0.238 e.